The number of fused-ring (bicyclic) bond motifs is 1. The molecule has 2 aliphatic heterocycles. The summed E-state index contributed by atoms with van der Waals surface area (Å²) >= 11 is 0. The van der Waals surface area contributed by atoms with Gasteiger partial charge in [0.2, 0.25) is 12.7 Å². The minimum atomic E-state index is -0.0372. The monoisotopic (exact) mass is 395 g/mol. The lowest BCUT2D eigenvalue weighted by Gasteiger charge is -2.34. The van der Waals surface area contributed by atoms with Gasteiger partial charge in [0.05, 0.1) is 6.54 Å². The molecule has 2 aliphatic rings. The highest BCUT2D eigenvalue weighted by atomic mass is 16.7. The summed E-state index contributed by atoms with van der Waals surface area (Å²) in [5, 5.41) is 2.90. The first-order valence-corrected chi connectivity index (χ1v) is 9.81. The normalized spacial score (nSPS) is 16.6. The maximum atomic E-state index is 12.3. The quantitative estimate of drug-likeness (QED) is 0.758. The van der Waals surface area contributed by atoms with Crippen LogP contribution in [0.5, 0.6) is 11.5 Å². The number of ketones is 1. The fourth-order valence-corrected chi connectivity index (χ4v) is 3.59. The first kappa shape index (κ1) is 19.4. The molecule has 29 heavy (non-hydrogen) atoms. The van der Waals surface area contributed by atoms with Gasteiger partial charge in [0.25, 0.3) is 0 Å². The summed E-state index contributed by atoms with van der Waals surface area (Å²) in [6, 6.07) is 13.1. The van der Waals surface area contributed by atoms with Crippen LogP contribution in [0.3, 0.4) is 0 Å². The second-order valence-electron chi connectivity index (χ2n) is 7.42. The van der Waals surface area contributed by atoms with Crippen molar-refractivity contribution in [1.29, 1.82) is 0 Å². The first-order valence-electron chi connectivity index (χ1n) is 9.81. The average Bonchev–Trinajstić information content (AvgIpc) is 3.18. The Balaban J connectivity index is 1.22. The number of benzene rings is 2. The van der Waals surface area contributed by atoms with Gasteiger partial charge in [0, 0.05) is 44.0 Å². The molecule has 0 aliphatic carbocycles. The molecule has 0 atom stereocenters. The molecule has 4 rings (SSSR count). The molecule has 0 bridgehead atoms. The Morgan fingerprint density at radius 2 is 1.62 bits per heavy atom. The van der Waals surface area contributed by atoms with Crippen LogP contribution in [0.4, 0.5) is 5.69 Å². The molecule has 1 N–H and O–H groups in total. The van der Waals surface area contributed by atoms with Crippen molar-refractivity contribution < 1.29 is 19.1 Å². The van der Waals surface area contributed by atoms with Crippen LogP contribution < -0.4 is 14.8 Å². The van der Waals surface area contributed by atoms with Gasteiger partial charge in [-0.05, 0) is 48.9 Å². The third kappa shape index (κ3) is 4.93. The lowest BCUT2D eigenvalue weighted by Crippen LogP contribution is -2.48. The number of hydrogen-bond acceptors (Lipinski definition) is 6. The van der Waals surface area contributed by atoms with Crippen molar-refractivity contribution in [2.45, 2.75) is 13.5 Å². The molecular weight excluding hydrogens is 370 g/mol. The van der Waals surface area contributed by atoms with E-state index in [0.717, 1.165) is 44.2 Å². The van der Waals surface area contributed by atoms with Crippen molar-refractivity contribution >= 4 is 17.4 Å². The first-order chi connectivity index (χ1) is 14.1. The van der Waals surface area contributed by atoms with Gasteiger partial charge in [-0.1, -0.05) is 6.07 Å². The topological polar surface area (TPSA) is 71.1 Å². The standard InChI is InChI=1S/C22H25N3O4/c1-16(26)18-3-5-19(6-4-18)23-22(27)14-25-10-8-24(9-11-25)13-17-2-7-20-21(12-17)29-15-28-20/h2-7,12H,8-11,13-15H2,1H3,(H,23,27). The molecule has 0 spiro atoms. The highest BCUT2D eigenvalue weighted by Crippen LogP contribution is 2.32. The van der Waals surface area contributed by atoms with Gasteiger partial charge in [0.1, 0.15) is 0 Å². The van der Waals surface area contributed by atoms with Crippen LogP contribution in [0, 0.1) is 0 Å². The van der Waals surface area contributed by atoms with Crippen LogP contribution in [-0.4, -0.2) is 61.0 Å². The summed E-state index contributed by atoms with van der Waals surface area (Å²) in [7, 11) is 0. The number of Topliss-reactive ketones (excluding diaryl/α,β-unsaturated/α-hetero) is 1. The smallest absolute Gasteiger partial charge is 0.238 e. The Morgan fingerprint density at radius 1 is 0.931 bits per heavy atom. The number of ether oxygens (including phenoxy) is 2. The van der Waals surface area contributed by atoms with E-state index in [1.807, 2.05) is 12.1 Å². The molecule has 0 aromatic heterocycles. The van der Waals surface area contributed by atoms with Gasteiger partial charge in [-0.25, -0.2) is 0 Å². The van der Waals surface area contributed by atoms with Gasteiger partial charge >= 0.3 is 0 Å². The van der Waals surface area contributed by atoms with Crippen molar-refractivity contribution in [3.05, 3.63) is 53.6 Å². The van der Waals surface area contributed by atoms with E-state index in [4.69, 9.17) is 9.47 Å². The van der Waals surface area contributed by atoms with Gasteiger partial charge in [-0.15, -0.1) is 0 Å². The number of anilines is 1. The van der Waals surface area contributed by atoms with E-state index in [1.54, 1.807) is 24.3 Å². The minimum Gasteiger partial charge on any atom is -0.454 e. The Hall–Kier alpha value is -2.90. The average molecular weight is 395 g/mol. The number of piperazine rings is 1. The van der Waals surface area contributed by atoms with Crippen LogP contribution in [0.25, 0.3) is 0 Å². The lowest BCUT2D eigenvalue weighted by atomic mass is 10.1. The number of carbonyl (C=O) groups excluding carboxylic acids is 2. The summed E-state index contributed by atoms with van der Waals surface area (Å²) in [6.07, 6.45) is 0. The molecule has 0 saturated carbocycles. The zero-order chi connectivity index (χ0) is 20.2. The van der Waals surface area contributed by atoms with E-state index in [9.17, 15) is 9.59 Å². The molecule has 2 heterocycles. The second-order valence-corrected chi connectivity index (χ2v) is 7.42. The van der Waals surface area contributed by atoms with Gasteiger partial charge in [0.15, 0.2) is 17.3 Å². The van der Waals surface area contributed by atoms with Crippen molar-refractivity contribution in [2.75, 3.05) is 44.8 Å². The third-order valence-corrected chi connectivity index (χ3v) is 5.25. The summed E-state index contributed by atoms with van der Waals surface area (Å²) in [5.74, 6) is 1.60. The predicted molar refractivity (Wildman–Crippen MR) is 109 cm³/mol. The predicted octanol–water partition coefficient (Wildman–Crippen LogP) is 2.37. The lowest BCUT2D eigenvalue weighted by molar-refractivity contribution is -0.117. The van der Waals surface area contributed by atoms with Crippen molar-refractivity contribution in [2.24, 2.45) is 0 Å². The van der Waals surface area contributed by atoms with Crippen LogP contribution >= 0.6 is 0 Å². The summed E-state index contributed by atoms with van der Waals surface area (Å²) in [6.45, 7) is 6.57. The van der Waals surface area contributed by atoms with Crippen LogP contribution in [-0.2, 0) is 11.3 Å². The molecule has 7 heteroatoms. The van der Waals surface area contributed by atoms with Crippen molar-refractivity contribution in [3.63, 3.8) is 0 Å². The molecule has 1 amide bonds. The Morgan fingerprint density at radius 3 is 2.34 bits per heavy atom. The van der Waals surface area contributed by atoms with Crippen molar-refractivity contribution in [1.82, 2.24) is 9.80 Å². The zero-order valence-corrected chi connectivity index (χ0v) is 16.5. The molecule has 7 nitrogen and oxygen atoms in total. The van der Waals surface area contributed by atoms with E-state index < -0.39 is 0 Å². The number of nitrogens with zero attached hydrogens (tertiary/aromatic N) is 2. The summed E-state index contributed by atoms with van der Waals surface area (Å²) in [4.78, 5) is 28.2. The van der Waals surface area contributed by atoms with E-state index in [0.29, 0.717) is 24.6 Å². The van der Waals surface area contributed by atoms with Crippen LogP contribution in [0.1, 0.15) is 22.8 Å². The number of carbonyl (C=O) groups is 2. The fraction of sp³-hybridized carbons (Fsp3) is 0.364. The van der Waals surface area contributed by atoms with E-state index >= 15 is 0 Å². The fourth-order valence-electron chi connectivity index (χ4n) is 3.59. The number of nitrogens with one attached hydrogen (secondary N) is 1. The molecule has 0 unspecified atom stereocenters. The molecule has 2 aromatic carbocycles. The van der Waals surface area contributed by atoms with E-state index in [-0.39, 0.29) is 11.7 Å². The maximum Gasteiger partial charge on any atom is 0.238 e. The van der Waals surface area contributed by atoms with Crippen LogP contribution in [0.2, 0.25) is 0 Å². The summed E-state index contributed by atoms with van der Waals surface area (Å²) in [5.41, 5.74) is 2.55. The Labute approximate surface area is 170 Å². The van der Waals surface area contributed by atoms with E-state index in [1.165, 1.54) is 12.5 Å². The molecule has 1 saturated heterocycles. The zero-order valence-electron chi connectivity index (χ0n) is 16.5. The van der Waals surface area contributed by atoms with E-state index in [2.05, 4.69) is 21.2 Å². The highest BCUT2D eigenvalue weighted by Gasteiger charge is 2.20. The molecule has 152 valence electrons. The Bertz CT molecular complexity index is 889. The Kier molecular flexibility index (Phi) is 5.78. The largest absolute Gasteiger partial charge is 0.454 e. The molecule has 0 radical (unpaired) electrons. The third-order valence-electron chi connectivity index (χ3n) is 5.25. The van der Waals surface area contributed by atoms with Crippen molar-refractivity contribution in [3.8, 4) is 11.5 Å². The van der Waals surface area contributed by atoms with Crippen LogP contribution in [0.15, 0.2) is 42.5 Å². The number of rotatable bonds is 6. The highest BCUT2D eigenvalue weighted by molar-refractivity contribution is 5.96. The number of amides is 1. The van der Waals surface area contributed by atoms with Gasteiger partial charge in [-0.2, -0.15) is 0 Å². The van der Waals surface area contributed by atoms with Gasteiger partial charge < -0.3 is 14.8 Å². The minimum absolute atomic E-state index is 0.0153. The molecular formula is C22H25N3O4. The number of hydrogen-bond donors (Lipinski definition) is 1. The molecule has 1 fully saturated rings. The van der Waals surface area contributed by atoms with Gasteiger partial charge in [-0.3, -0.25) is 19.4 Å². The summed E-state index contributed by atoms with van der Waals surface area (Å²) < 4.78 is 10.8. The SMILES string of the molecule is CC(=O)c1ccc(NC(=O)CN2CCN(Cc3ccc4c(c3)OCO4)CC2)cc1. The molecule has 2 aromatic rings. The maximum absolute atomic E-state index is 12.3. The second kappa shape index (κ2) is 8.63.